The van der Waals surface area contributed by atoms with E-state index in [-0.39, 0.29) is 0 Å². The van der Waals surface area contributed by atoms with Crippen molar-refractivity contribution in [1.29, 1.82) is 0 Å². The summed E-state index contributed by atoms with van der Waals surface area (Å²) in [5, 5.41) is 0. The molecule has 0 saturated carbocycles. The molecule has 0 radical (unpaired) electrons. The Morgan fingerprint density at radius 1 is 0.933 bits per heavy atom. The van der Waals surface area contributed by atoms with Gasteiger partial charge in [0.15, 0.2) is 0 Å². The summed E-state index contributed by atoms with van der Waals surface area (Å²) in [7, 11) is -7.17. The lowest BCUT2D eigenvalue weighted by Gasteiger charge is -2.16. The van der Waals surface area contributed by atoms with E-state index in [1.54, 1.807) is 0 Å². The van der Waals surface area contributed by atoms with Crippen LogP contribution in [0.3, 0.4) is 0 Å². The van der Waals surface area contributed by atoms with Gasteiger partial charge in [0.05, 0.1) is 12.5 Å². The molecule has 0 aromatic rings. The highest BCUT2D eigenvalue weighted by Gasteiger charge is 2.34. The molecule has 0 bridgehead atoms. The molecule has 0 aromatic carbocycles. The Balaban J connectivity index is 2.66. The maximum absolute atomic E-state index is 10.9. The van der Waals surface area contributed by atoms with Crippen molar-refractivity contribution in [1.82, 2.24) is 0 Å². The molecule has 0 aromatic heterocycles. The Bertz CT molecular complexity index is 370. The maximum atomic E-state index is 10.9. The molecule has 1 heterocycles. The number of hydrogen-bond donors (Lipinski definition) is 0. The Hall–Kier alpha value is 0.170. The molecule has 1 saturated heterocycles. The molecule has 1 rings (SSSR count). The van der Waals surface area contributed by atoms with E-state index in [9.17, 15) is 16.8 Å². The third-order valence-corrected chi connectivity index (χ3v) is 3.90. The largest absolute Gasteiger partial charge is 0.264 e. The van der Waals surface area contributed by atoms with Gasteiger partial charge in [-0.25, -0.2) is 0 Å². The van der Waals surface area contributed by atoms with Crippen LogP contribution in [0.25, 0.3) is 0 Å². The Morgan fingerprint density at radius 3 is 1.53 bits per heavy atom. The summed E-state index contributed by atoms with van der Waals surface area (Å²) in [4.78, 5) is 0. The lowest BCUT2D eigenvalue weighted by Crippen LogP contribution is -2.33. The first-order chi connectivity index (χ1) is 6.67. The molecule has 1 aliphatic heterocycles. The van der Waals surface area contributed by atoms with E-state index in [0.717, 1.165) is 12.5 Å². The van der Waals surface area contributed by atoms with Gasteiger partial charge in [-0.05, 0) is 0 Å². The second-order valence-electron chi connectivity index (χ2n) is 3.22. The summed E-state index contributed by atoms with van der Waals surface area (Å²) in [6.07, 6.45) is 0.403. The minimum atomic E-state index is -3.58. The van der Waals surface area contributed by atoms with Crippen LogP contribution >= 0.6 is 11.8 Å². The normalized spacial score (nSPS) is 28.1. The van der Waals surface area contributed by atoms with Crippen LogP contribution in [0.5, 0.6) is 0 Å². The minimum absolute atomic E-state index is 0.410. The van der Waals surface area contributed by atoms with E-state index < -0.39 is 32.4 Å². The molecular formula is C6H12O6S3. The summed E-state index contributed by atoms with van der Waals surface area (Å²) >= 11 is 1.39. The van der Waals surface area contributed by atoms with Gasteiger partial charge in [0.25, 0.3) is 20.2 Å². The van der Waals surface area contributed by atoms with Crippen molar-refractivity contribution in [3.05, 3.63) is 0 Å². The zero-order valence-corrected chi connectivity index (χ0v) is 10.7. The predicted molar refractivity (Wildman–Crippen MR) is 56.8 cm³/mol. The number of thioether (sulfide) groups is 1. The fourth-order valence-electron chi connectivity index (χ4n) is 1.14. The van der Waals surface area contributed by atoms with Crippen LogP contribution in [-0.2, 0) is 28.6 Å². The first-order valence-electron chi connectivity index (χ1n) is 4.02. The third kappa shape index (κ3) is 5.16. The fourth-order valence-corrected chi connectivity index (χ4v) is 3.76. The molecule has 0 N–H and O–H groups in total. The van der Waals surface area contributed by atoms with E-state index >= 15 is 0 Å². The Morgan fingerprint density at radius 2 is 1.27 bits per heavy atom. The van der Waals surface area contributed by atoms with E-state index in [4.69, 9.17) is 8.37 Å². The molecule has 90 valence electrons. The van der Waals surface area contributed by atoms with Crippen LogP contribution in [0.2, 0.25) is 0 Å². The van der Waals surface area contributed by atoms with Crippen molar-refractivity contribution in [2.45, 2.75) is 12.2 Å². The summed E-state index contributed by atoms with van der Waals surface area (Å²) in [6.45, 7) is 0. The molecule has 6 nitrogen and oxygen atoms in total. The summed E-state index contributed by atoms with van der Waals surface area (Å²) < 4.78 is 52.9. The van der Waals surface area contributed by atoms with Gasteiger partial charge in [-0.1, -0.05) is 0 Å². The van der Waals surface area contributed by atoms with Gasteiger partial charge in [0.2, 0.25) is 0 Å². The Labute approximate surface area is 93.6 Å². The van der Waals surface area contributed by atoms with Crippen LogP contribution in [-0.4, -0.2) is 53.1 Å². The standard InChI is InChI=1S/C6H12O6S3/c1-14(7,8)11-5-3-13-4-6(5)12-15(2,9)10/h5-6H,3-4H2,1-2H3/t5-,6-/m0/s1. The molecule has 0 amide bonds. The molecular weight excluding hydrogens is 264 g/mol. The van der Waals surface area contributed by atoms with Crippen molar-refractivity contribution < 1.29 is 25.2 Å². The highest BCUT2D eigenvalue weighted by Crippen LogP contribution is 2.25. The first-order valence-corrected chi connectivity index (χ1v) is 8.80. The van der Waals surface area contributed by atoms with Gasteiger partial charge in [0, 0.05) is 11.5 Å². The Kier molecular flexibility index (Phi) is 4.04. The second kappa shape index (κ2) is 4.58. The van der Waals surface area contributed by atoms with Crippen molar-refractivity contribution in [3.8, 4) is 0 Å². The SMILES string of the molecule is CS(=O)(=O)O[C@H]1CSC[C@@H]1OS(C)(=O)=O. The maximum Gasteiger partial charge on any atom is 0.264 e. The van der Waals surface area contributed by atoms with E-state index in [1.807, 2.05) is 0 Å². The van der Waals surface area contributed by atoms with Crippen molar-refractivity contribution >= 4 is 32.0 Å². The van der Waals surface area contributed by atoms with Crippen molar-refractivity contribution in [3.63, 3.8) is 0 Å². The summed E-state index contributed by atoms with van der Waals surface area (Å²) in [5.41, 5.74) is 0. The average molecular weight is 276 g/mol. The monoisotopic (exact) mass is 276 g/mol. The zero-order valence-electron chi connectivity index (χ0n) is 8.24. The van der Waals surface area contributed by atoms with Gasteiger partial charge in [-0.2, -0.15) is 28.6 Å². The van der Waals surface area contributed by atoms with Gasteiger partial charge < -0.3 is 0 Å². The molecule has 0 unspecified atom stereocenters. The highest BCUT2D eigenvalue weighted by molar-refractivity contribution is 7.99. The van der Waals surface area contributed by atoms with Crippen LogP contribution < -0.4 is 0 Å². The van der Waals surface area contributed by atoms with Gasteiger partial charge in [-0.3, -0.25) is 8.37 Å². The van der Waals surface area contributed by atoms with Crippen molar-refractivity contribution in [2.24, 2.45) is 0 Å². The van der Waals surface area contributed by atoms with Crippen LogP contribution in [0.4, 0.5) is 0 Å². The number of rotatable bonds is 4. The summed E-state index contributed by atoms with van der Waals surface area (Å²) in [6, 6.07) is 0. The van der Waals surface area contributed by atoms with Gasteiger partial charge in [-0.15, -0.1) is 0 Å². The lowest BCUT2D eigenvalue weighted by atomic mass is 10.3. The zero-order chi connectivity index (χ0) is 11.7. The molecule has 1 fully saturated rings. The fraction of sp³-hybridized carbons (Fsp3) is 1.00. The van der Waals surface area contributed by atoms with Gasteiger partial charge in [0.1, 0.15) is 12.2 Å². The van der Waals surface area contributed by atoms with Crippen LogP contribution in [0, 0.1) is 0 Å². The van der Waals surface area contributed by atoms with E-state index in [2.05, 4.69) is 0 Å². The molecule has 15 heavy (non-hydrogen) atoms. The van der Waals surface area contributed by atoms with E-state index in [1.165, 1.54) is 11.8 Å². The van der Waals surface area contributed by atoms with Gasteiger partial charge >= 0.3 is 0 Å². The molecule has 1 aliphatic rings. The smallest absolute Gasteiger partial charge is 0.263 e. The predicted octanol–water partition coefficient (Wildman–Crippen LogP) is -0.577. The number of hydrogen-bond acceptors (Lipinski definition) is 7. The average Bonchev–Trinajstić information content (AvgIpc) is 2.29. The second-order valence-corrected chi connectivity index (χ2v) is 7.49. The third-order valence-electron chi connectivity index (χ3n) is 1.58. The lowest BCUT2D eigenvalue weighted by molar-refractivity contribution is 0.102. The van der Waals surface area contributed by atoms with E-state index in [0.29, 0.717) is 11.5 Å². The first kappa shape index (κ1) is 13.2. The molecule has 0 aliphatic carbocycles. The van der Waals surface area contributed by atoms with Crippen LogP contribution in [0.15, 0.2) is 0 Å². The minimum Gasteiger partial charge on any atom is -0.263 e. The quantitative estimate of drug-likeness (QED) is 0.635. The molecule has 0 spiro atoms. The summed E-state index contributed by atoms with van der Waals surface area (Å²) in [5.74, 6) is 0.820. The molecule has 9 heteroatoms. The topological polar surface area (TPSA) is 86.7 Å². The van der Waals surface area contributed by atoms with Crippen molar-refractivity contribution in [2.75, 3.05) is 24.0 Å². The van der Waals surface area contributed by atoms with Crippen LogP contribution in [0.1, 0.15) is 0 Å². The highest BCUT2D eigenvalue weighted by atomic mass is 32.2. The molecule has 2 atom stereocenters.